The van der Waals surface area contributed by atoms with E-state index in [9.17, 15) is 4.79 Å². The van der Waals surface area contributed by atoms with Crippen molar-refractivity contribution in [2.24, 2.45) is 0 Å². The van der Waals surface area contributed by atoms with Crippen LogP contribution in [-0.2, 0) is 11.2 Å². The van der Waals surface area contributed by atoms with Crippen LogP contribution >= 0.6 is 11.3 Å². The van der Waals surface area contributed by atoms with Crippen molar-refractivity contribution in [1.82, 2.24) is 9.80 Å². The minimum atomic E-state index is 0.0230. The van der Waals surface area contributed by atoms with Gasteiger partial charge in [-0.2, -0.15) is 5.26 Å². The third-order valence-corrected chi connectivity index (χ3v) is 5.61. The average Bonchev–Trinajstić information content (AvgIpc) is 3.20. The lowest BCUT2D eigenvalue weighted by Crippen LogP contribution is -2.47. The van der Waals surface area contributed by atoms with Gasteiger partial charge in [-0.15, -0.1) is 11.3 Å². The van der Waals surface area contributed by atoms with Gasteiger partial charge < -0.3 is 15.1 Å². The van der Waals surface area contributed by atoms with Crippen molar-refractivity contribution in [3.05, 3.63) is 52.2 Å². The molecule has 2 aromatic rings. The molecule has 2 heterocycles. The van der Waals surface area contributed by atoms with E-state index < -0.39 is 0 Å². The first-order chi connectivity index (χ1) is 12.7. The molecular formula is C20H24N4OS. The second-order valence-corrected chi connectivity index (χ2v) is 7.53. The summed E-state index contributed by atoms with van der Waals surface area (Å²) in [4.78, 5) is 18.4. The fraction of sp³-hybridized carbons (Fsp3) is 0.400. The number of carbonyl (C=O) groups is 1. The first-order valence-electron chi connectivity index (χ1n) is 9.00. The maximum atomic E-state index is 12.1. The standard InChI is InChI=1S/C20H24N4OS/c21-16-17-3-5-18(6-4-17)22-20(25)8-10-24-13-11-23(12-14-24)9-7-19-2-1-15-26-19/h1-6,15H,7-14H2,(H,22,25). The van der Waals surface area contributed by atoms with Crippen LogP contribution < -0.4 is 5.32 Å². The molecule has 6 heteroatoms. The smallest absolute Gasteiger partial charge is 0.225 e. The second kappa shape index (κ2) is 9.48. The summed E-state index contributed by atoms with van der Waals surface area (Å²) in [5.41, 5.74) is 1.34. The van der Waals surface area contributed by atoms with E-state index in [1.807, 2.05) is 11.3 Å². The number of hydrogen-bond acceptors (Lipinski definition) is 5. The molecule has 0 radical (unpaired) electrons. The monoisotopic (exact) mass is 368 g/mol. The fourth-order valence-electron chi connectivity index (χ4n) is 3.07. The number of rotatable bonds is 7. The van der Waals surface area contributed by atoms with Gasteiger partial charge in [0.05, 0.1) is 11.6 Å². The molecule has 0 bridgehead atoms. The molecular weight excluding hydrogens is 344 g/mol. The molecule has 1 aromatic heterocycles. The number of carbonyl (C=O) groups excluding carboxylic acids is 1. The zero-order chi connectivity index (χ0) is 18.2. The van der Waals surface area contributed by atoms with E-state index in [1.165, 1.54) is 4.88 Å². The summed E-state index contributed by atoms with van der Waals surface area (Å²) in [6.45, 7) is 6.10. The molecule has 136 valence electrons. The Kier molecular flexibility index (Phi) is 6.78. The highest BCUT2D eigenvalue weighted by Crippen LogP contribution is 2.12. The molecule has 0 spiro atoms. The van der Waals surface area contributed by atoms with Gasteiger partial charge in [0.1, 0.15) is 0 Å². The summed E-state index contributed by atoms with van der Waals surface area (Å²) in [5.74, 6) is 0.0230. The summed E-state index contributed by atoms with van der Waals surface area (Å²) in [5, 5.41) is 13.8. The number of nitrogens with one attached hydrogen (secondary N) is 1. The summed E-state index contributed by atoms with van der Waals surface area (Å²) >= 11 is 1.83. The van der Waals surface area contributed by atoms with Gasteiger partial charge >= 0.3 is 0 Å². The van der Waals surface area contributed by atoms with Crippen LogP contribution in [0.4, 0.5) is 5.69 Å². The number of hydrogen-bond donors (Lipinski definition) is 1. The molecule has 1 N–H and O–H groups in total. The molecule has 1 aromatic carbocycles. The molecule has 1 aliphatic rings. The Labute approximate surface area is 158 Å². The van der Waals surface area contributed by atoms with Crippen LogP contribution in [-0.4, -0.2) is 55.0 Å². The van der Waals surface area contributed by atoms with Gasteiger partial charge in [0.25, 0.3) is 0 Å². The van der Waals surface area contributed by atoms with Gasteiger partial charge in [-0.3, -0.25) is 4.79 Å². The van der Waals surface area contributed by atoms with Crippen LogP contribution in [0.1, 0.15) is 16.9 Å². The molecule has 1 fully saturated rings. The van der Waals surface area contributed by atoms with Crippen LogP contribution in [0, 0.1) is 11.3 Å². The largest absolute Gasteiger partial charge is 0.326 e. The van der Waals surface area contributed by atoms with Crippen LogP contribution in [0.2, 0.25) is 0 Å². The quantitative estimate of drug-likeness (QED) is 0.816. The Morgan fingerprint density at radius 3 is 2.38 bits per heavy atom. The van der Waals surface area contributed by atoms with Crippen LogP contribution in [0.25, 0.3) is 0 Å². The Morgan fingerprint density at radius 2 is 1.77 bits per heavy atom. The van der Waals surface area contributed by atoms with Crippen molar-refractivity contribution >= 4 is 22.9 Å². The number of piperazine rings is 1. The molecule has 1 aliphatic heterocycles. The first kappa shape index (κ1) is 18.6. The number of thiophene rings is 1. The predicted molar refractivity (Wildman–Crippen MR) is 105 cm³/mol. The van der Waals surface area contributed by atoms with E-state index in [0.29, 0.717) is 12.0 Å². The molecule has 0 atom stereocenters. The first-order valence-corrected chi connectivity index (χ1v) is 9.88. The summed E-state index contributed by atoms with van der Waals surface area (Å²) in [6.07, 6.45) is 1.62. The lowest BCUT2D eigenvalue weighted by molar-refractivity contribution is -0.116. The number of anilines is 1. The van der Waals surface area contributed by atoms with E-state index >= 15 is 0 Å². The topological polar surface area (TPSA) is 59.4 Å². The van der Waals surface area contributed by atoms with Crippen molar-refractivity contribution in [2.75, 3.05) is 44.6 Å². The molecule has 0 unspecified atom stereocenters. The van der Waals surface area contributed by atoms with Crippen molar-refractivity contribution in [3.8, 4) is 6.07 Å². The molecule has 0 aliphatic carbocycles. The summed E-state index contributed by atoms with van der Waals surface area (Å²) < 4.78 is 0. The van der Waals surface area contributed by atoms with E-state index in [2.05, 4.69) is 38.7 Å². The SMILES string of the molecule is N#Cc1ccc(NC(=O)CCN2CCN(CCc3cccs3)CC2)cc1. The zero-order valence-corrected chi connectivity index (χ0v) is 15.7. The lowest BCUT2D eigenvalue weighted by Gasteiger charge is -2.34. The van der Waals surface area contributed by atoms with Gasteiger partial charge in [0.2, 0.25) is 5.91 Å². The van der Waals surface area contributed by atoms with Crippen molar-refractivity contribution < 1.29 is 4.79 Å². The third kappa shape index (κ3) is 5.67. The minimum Gasteiger partial charge on any atom is -0.326 e. The maximum absolute atomic E-state index is 12.1. The Bertz CT molecular complexity index is 728. The number of nitriles is 1. The van der Waals surface area contributed by atoms with Gasteiger partial charge in [0.15, 0.2) is 0 Å². The summed E-state index contributed by atoms with van der Waals surface area (Å²) in [6, 6.07) is 13.3. The molecule has 0 saturated carbocycles. The average molecular weight is 369 g/mol. The van der Waals surface area contributed by atoms with Gasteiger partial charge in [-0.05, 0) is 42.1 Å². The molecule has 26 heavy (non-hydrogen) atoms. The highest BCUT2D eigenvalue weighted by Gasteiger charge is 2.17. The Hall–Kier alpha value is -2.20. The fourth-order valence-corrected chi connectivity index (χ4v) is 3.77. The molecule has 1 saturated heterocycles. The normalized spacial score (nSPS) is 15.5. The summed E-state index contributed by atoms with van der Waals surface area (Å²) in [7, 11) is 0. The van der Waals surface area contributed by atoms with E-state index in [0.717, 1.165) is 51.4 Å². The van der Waals surface area contributed by atoms with E-state index in [1.54, 1.807) is 24.3 Å². The molecule has 3 rings (SSSR count). The third-order valence-electron chi connectivity index (χ3n) is 4.67. The highest BCUT2D eigenvalue weighted by atomic mass is 32.1. The van der Waals surface area contributed by atoms with Crippen LogP contribution in [0.5, 0.6) is 0 Å². The van der Waals surface area contributed by atoms with Crippen molar-refractivity contribution in [3.63, 3.8) is 0 Å². The predicted octanol–water partition coefficient (Wildman–Crippen LogP) is 2.81. The van der Waals surface area contributed by atoms with Gasteiger partial charge in [-0.25, -0.2) is 0 Å². The van der Waals surface area contributed by atoms with Gasteiger partial charge in [0, 0.05) is 56.3 Å². The van der Waals surface area contributed by atoms with Crippen molar-refractivity contribution in [2.45, 2.75) is 12.8 Å². The van der Waals surface area contributed by atoms with E-state index in [-0.39, 0.29) is 5.91 Å². The highest BCUT2D eigenvalue weighted by molar-refractivity contribution is 7.09. The van der Waals surface area contributed by atoms with Gasteiger partial charge in [-0.1, -0.05) is 6.07 Å². The minimum absolute atomic E-state index is 0.0230. The zero-order valence-electron chi connectivity index (χ0n) is 14.9. The Balaban J connectivity index is 1.32. The van der Waals surface area contributed by atoms with Crippen LogP contribution in [0.15, 0.2) is 41.8 Å². The molecule has 5 nitrogen and oxygen atoms in total. The van der Waals surface area contributed by atoms with E-state index in [4.69, 9.17) is 5.26 Å². The maximum Gasteiger partial charge on any atom is 0.225 e. The number of nitrogens with zero attached hydrogens (tertiary/aromatic N) is 3. The van der Waals surface area contributed by atoms with Crippen LogP contribution in [0.3, 0.4) is 0 Å². The lowest BCUT2D eigenvalue weighted by atomic mass is 10.2. The van der Waals surface area contributed by atoms with Crippen molar-refractivity contribution in [1.29, 1.82) is 5.26 Å². The Morgan fingerprint density at radius 1 is 1.08 bits per heavy atom. The molecule has 1 amide bonds. The number of amides is 1. The number of benzene rings is 1. The second-order valence-electron chi connectivity index (χ2n) is 6.50.